The van der Waals surface area contributed by atoms with E-state index in [1.807, 2.05) is 41.3 Å². The number of nitrogens with one attached hydrogen (secondary N) is 1. The molecule has 0 spiro atoms. The summed E-state index contributed by atoms with van der Waals surface area (Å²) in [5.74, 6) is 0.0908. The maximum atomic E-state index is 13.0. The van der Waals surface area contributed by atoms with Crippen LogP contribution in [0.3, 0.4) is 0 Å². The Morgan fingerprint density at radius 3 is 2.15 bits per heavy atom. The van der Waals surface area contributed by atoms with Crippen molar-refractivity contribution >= 4 is 29.0 Å². The van der Waals surface area contributed by atoms with Gasteiger partial charge in [0.2, 0.25) is 5.91 Å². The minimum absolute atomic E-state index is 0.0908. The van der Waals surface area contributed by atoms with Gasteiger partial charge in [-0.05, 0) is 56.9 Å². The fraction of sp³-hybridized carbons (Fsp3) is 0.381. The lowest BCUT2D eigenvalue weighted by Gasteiger charge is -2.31. The zero-order valence-corrected chi connectivity index (χ0v) is 16.4. The summed E-state index contributed by atoms with van der Waals surface area (Å²) in [5.41, 5.74) is 1.96. The van der Waals surface area contributed by atoms with Gasteiger partial charge in [0, 0.05) is 9.79 Å². The number of fused-ring (bicyclic) bond motifs is 2. The third-order valence-electron chi connectivity index (χ3n) is 4.68. The average molecular weight is 370 g/mol. The second-order valence-corrected chi connectivity index (χ2v) is 7.41. The molecule has 1 aliphatic heterocycles. The Morgan fingerprint density at radius 1 is 1.00 bits per heavy atom. The molecule has 0 unspecified atom stereocenters. The summed E-state index contributed by atoms with van der Waals surface area (Å²) in [6.07, 6.45) is 1.05. The number of rotatable bonds is 8. The van der Waals surface area contributed by atoms with Crippen molar-refractivity contribution in [2.75, 3.05) is 37.6 Å². The zero-order chi connectivity index (χ0) is 18.4. The number of carbonyl (C=O) groups is 1. The number of hydrogen-bond donors (Lipinski definition) is 1. The summed E-state index contributed by atoms with van der Waals surface area (Å²) in [6, 6.07) is 16.2. The van der Waals surface area contributed by atoms with Gasteiger partial charge in [0.15, 0.2) is 0 Å². The van der Waals surface area contributed by atoms with Gasteiger partial charge in [-0.15, -0.1) is 0 Å². The smallest absolute Gasteiger partial charge is 0.245 e. The van der Waals surface area contributed by atoms with Crippen molar-refractivity contribution in [3.63, 3.8) is 0 Å². The first-order chi connectivity index (χ1) is 12.7. The van der Waals surface area contributed by atoms with Crippen LogP contribution < -0.4 is 10.2 Å². The first-order valence-electron chi connectivity index (χ1n) is 9.36. The van der Waals surface area contributed by atoms with Crippen LogP contribution in [0.2, 0.25) is 0 Å². The van der Waals surface area contributed by atoms with Crippen LogP contribution in [-0.4, -0.2) is 43.5 Å². The van der Waals surface area contributed by atoms with Gasteiger partial charge in [-0.3, -0.25) is 9.69 Å². The predicted octanol–water partition coefficient (Wildman–Crippen LogP) is 4.14. The Hall–Kier alpha value is -1.82. The first-order valence-corrected chi connectivity index (χ1v) is 10.2. The molecule has 1 N–H and O–H groups in total. The number of para-hydroxylation sites is 2. The molecule has 3 rings (SSSR count). The first kappa shape index (κ1) is 19.0. The summed E-state index contributed by atoms with van der Waals surface area (Å²) >= 11 is 1.72. The van der Waals surface area contributed by atoms with E-state index >= 15 is 0 Å². The van der Waals surface area contributed by atoms with E-state index in [9.17, 15) is 4.79 Å². The Balaban J connectivity index is 1.64. The standard InChI is InChI=1S/C21H27N3OS/c1-3-23(4-2)15-9-14-22-16-21(25)24-17-10-5-7-12-19(17)26-20-13-8-6-11-18(20)24/h5-8,10-13,22H,3-4,9,14-16H2,1-2H3. The SMILES string of the molecule is CCN(CC)CCCNCC(=O)N1c2ccccc2Sc2ccccc21. The number of amides is 1. The van der Waals surface area contributed by atoms with E-state index < -0.39 is 0 Å². The lowest BCUT2D eigenvalue weighted by Crippen LogP contribution is -2.37. The molecule has 1 heterocycles. The largest absolute Gasteiger partial charge is 0.308 e. The molecule has 1 amide bonds. The highest BCUT2D eigenvalue weighted by Crippen LogP contribution is 2.47. The number of anilines is 2. The molecule has 2 aromatic rings. The zero-order valence-electron chi connectivity index (χ0n) is 15.6. The fourth-order valence-electron chi connectivity index (χ4n) is 3.22. The van der Waals surface area contributed by atoms with E-state index in [0.29, 0.717) is 6.54 Å². The van der Waals surface area contributed by atoms with Gasteiger partial charge in [-0.25, -0.2) is 0 Å². The number of benzene rings is 2. The molecule has 138 valence electrons. The van der Waals surface area contributed by atoms with Gasteiger partial charge < -0.3 is 10.2 Å². The number of hydrogen-bond acceptors (Lipinski definition) is 4. The van der Waals surface area contributed by atoms with E-state index in [4.69, 9.17) is 0 Å². The van der Waals surface area contributed by atoms with Gasteiger partial charge in [-0.2, -0.15) is 0 Å². The molecular weight excluding hydrogens is 342 g/mol. The molecule has 0 saturated heterocycles. The van der Waals surface area contributed by atoms with Crippen LogP contribution in [0.15, 0.2) is 58.3 Å². The Bertz CT molecular complexity index is 700. The fourth-order valence-corrected chi connectivity index (χ4v) is 4.27. The van der Waals surface area contributed by atoms with Crippen molar-refractivity contribution in [1.29, 1.82) is 0 Å². The molecule has 0 fully saturated rings. The van der Waals surface area contributed by atoms with Crippen LogP contribution in [0.1, 0.15) is 20.3 Å². The van der Waals surface area contributed by atoms with Crippen molar-refractivity contribution in [3.8, 4) is 0 Å². The molecule has 4 nitrogen and oxygen atoms in total. The minimum atomic E-state index is 0.0908. The normalized spacial score (nSPS) is 12.8. The van der Waals surface area contributed by atoms with Gasteiger partial charge in [-0.1, -0.05) is 49.9 Å². The third-order valence-corrected chi connectivity index (χ3v) is 5.81. The van der Waals surface area contributed by atoms with Crippen molar-refractivity contribution in [2.24, 2.45) is 0 Å². The Morgan fingerprint density at radius 2 is 1.58 bits per heavy atom. The van der Waals surface area contributed by atoms with E-state index in [1.165, 1.54) is 0 Å². The van der Waals surface area contributed by atoms with Crippen LogP contribution in [0.5, 0.6) is 0 Å². The second kappa shape index (κ2) is 9.21. The van der Waals surface area contributed by atoms with E-state index in [2.05, 4.69) is 36.2 Å². The maximum Gasteiger partial charge on any atom is 0.245 e. The Labute approximate surface area is 160 Å². The molecule has 0 aliphatic carbocycles. The molecule has 0 bridgehead atoms. The summed E-state index contributed by atoms with van der Waals surface area (Å²) in [4.78, 5) is 19.5. The van der Waals surface area contributed by atoms with Gasteiger partial charge >= 0.3 is 0 Å². The Kier molecular flexibility index (Phi) is 6.72. The predicted molar refractivity (Wildman–Crippen MR) is 109 cm³/mol. The van der Waals surface area contributed by atoms with Gasteiger partial charge in [0.1, 0.15) is 0 Å². The van der Waals surface area contributed by atoms with Crippen LogP contribution in [-0.2, 0) is 4.79 Å². The second-order valence-electron chi connectivity index (χ2n) is 6.32. The maximum absolute atomic E-state index is 13.0. The van der Waals surface area contributed by atoms with Crippen molar-refractivity contribution < 1.29 is 4.79 Å². The van der Waals surface area contributed by atoms with Crippen LogP contribution in [0.25, 0.3) is 0 Å². The summed E-state index contributed by atoms with van der Waals surface area (Å²) in [6.45, 7) is 8.80. The molecule has 0 saturated carbocycles. The molecule has 5 heteroatoms. The highest BCUT2D eigenvalue weighted by Gasteiger charge is 2.27. The minimum Gasteiger partial charge on any atom is -0.308 e. The summed E-state index contributed by atoms with van der Waals surface area (Å²) < 4.78 is 0. The lowest BCUT2D eigenvalue weighted by molar-refractivity contribution is -0.117. The molecular formula is C21H27N3OS. The van der Waals surface area contributed by atoms with Crippen molar-refractivity contribution in [3.05, 3.63) is 48.5 Å². The summed E-state index contributed by atoms with van der Waals surface area (Å²) in [5, 5.41) is 3.32. The van der Waals surface area contributed by atoms with Crippen molar-refractivity contribution in [1.82, 2.24) is 10.2 Å². The van der Waals surface area contributed by atoms with Crippen molar-refractivity contribution in [2.45, 2.75) is 30.1 Å². The monoisotopic (exact) mass is 369 g/mol. The lowest BCUT2D eigenvalue weighted by atomic mass is 10.2. The molecule has 26 heavy (non-hydrogen) atoms. The number of carbonyl (C=O) groups excluding carboxylic acids is 1. The quantitative estimate of drug-likeness (QED) is 0.710. The number of nitrogens with zero attached hydrogens (tertiary/aromatic N) is 2. The highest BCUT2D eigenvalue weighted by molar-refractivity contribution is 7.99. The highest BCUT2D eigenvalue weighted by atomic mass is 32.2. The van der Waals surface area contributed by atoms with Gasteiger partial charge in [0.25, 0.3) is 0 Å². The van der Waals surface area contributed by atoms with Gasteiger partial charge in [0.05, 0.1) is 17.9 Å². The molecule has 2 aromatic carbocycles. The van der Waals surface area contributed by atoms with Crippen LogP contribution in [0, 0.1) is 0 Å². The summed E-state index contributed by atoms with van der Waals surface area (Å²) in [7, 11) is 0. The average Bonchev–Trinajstić information content (AvgIpc) is 2.68. The van der Waals surface area contributed by atoms with Crippen LogP contribution in [0.4, 0.5) is 11.4 Å². The topological polar surface area (TPSA) is 35.6 Å². The molecule has 1 aliphatic rings. The van der Waals surface area contributed by atoms with Crippen LogP contribution >= 0.6 is 11.8 Å². The molecule has 0 aromatic heterocycles. The van der Waals surface area contributed by atoms with E-state index in [-0.39, 0.29) is 5.91 Å². The van der Waals surface area contributed by atoms with E-state index in [0.717, 1.165) is 53.8 Å². The molecule has 0 radical (unpaired) electrons. The third kappa shape index (κ3) is 4.29. The molecule has 0 atom stereocenters. The van der Waals surface area contributed by atoms with E-state index in [1.54, 1.807) is 11.8 Å².